The quantitative estimate of drug-likeness (QED) is 0.624. The fourth-order valence-electron chi connectivity index (χ4n) is 2.05. The van der Waals surface area contributed by atoms with E-state index in [-0.39, 0.29) is 13.2 Å². The maximum atomic E-state index is 9.20. The Balaban J connectivity index is 2.25. The first-order valence-electron chi connectivity index (χ1n) is 6.10. The molecule has 6 N–H and O–H groups in total. The fourth-order valence-corrected chi connectivity index (χ4v) is 2.05. The summed E-state index contributed by atoms with van der Waals surface area (Å²) in [5.74, 6) is 0. The molecule has 0 atom stereocenters. The van der Waals surface area contributed by atoms with E-state index in [2.05, 4.69) is 0 Å². The Morgan fingerprint density at radius 2 is 1.16 bits per heavy atom. The van der Waals surface area contributed by atoms with Crippen LogP contribution in [0.15, 0.2) is 36.4 Å². The van der Waals surface area contributed by atoms with Crippen LogP contribution < -0.4 is 11.5 Å². The van der Waals surface area contributed by atoms with E-state index in [1.165, 1.54) is 0 Å². The number of benzene rings is 2. The zero-order chi connectivity index (χ0) is 13.8. The van der Waals surface area contributed by atoms with E-state index >= 15 is 0 Å². The van der Waals surface area contributed by atoms with E-state index in [4.69, 9.17) is 11.5 Å². The number of nitrogens with two attached hydrogens (primary N) is 2. The summed E-state index contributed by atoms with van der Waals surface area (Å²) in [5, 5.41) is 18.4. The molecule has 100 valence electrons. The topological polar surface area (TPSA) is 92.5 Å². The monoisotopic (exact) mass is 258 g/mol. The molecule has 0 aliphatic heterocycles. The van der Waals surface area contributed by atoms with Crippen LogP contribution in [-0.2, 0) is 19.6 Å². The van der Waals surface area contributed by atoms with Crippen molar-refractivity contribution in [2.75, 3.05) is 11.5 Å². The van der Waals surface area contributed by atoms with Crippen molar-refractivity contribution < 1.29 is 10.2 Å². The Morgan fingerprint density at radius 1 is 0.737 bits per heavy atom. The van der Waals surface area contributed by atoms with Crippen molar-refractivity contribution in [1.29, 1.82) is 0 Å². The molecule has 2 aromatic carbocycles. The Hall–Kier alpha value is -2.04. The molecule has 0 radical (unpaired) electrons. The van der Waals surface area contributed by atoms with Crippen LogP contribution in [0, 0.1) is 0 Å². The van der Waals surface area contributed by atoms with E-state index in [0.29, 0.717) is 17.8 Å². The lowest BCUT2D eigenvalue weighted by molar-refractivity contribution is 0.282. The highest BCUT2D eigenvalue weighted by Gasteiger charge is 2.04. The van der Waals surface area contributed by atoms with Gasteiger partial charge in [0.1, 0.15) is 0 Å². The molecule has 0 aliphatic carbocycles. The molecule has 0 aromatic heterocycles. The molecular weight excluding hydrogens is 240 g/mol. The van der Waals surface area contributed by atoms with Crippen LogP contribution in [0.5, 0.6) is 0 Å². The molecule has 0 heterocycles. The normalized spacial score (nSPS) is 10.6. The number of aliphatic hydroxyl groups excluding tert-OH is 2. The van der Waals surface area contributed by atoms with Crippen molar-refractivity contribution in [3.05, 3.63) is 58.7 Å². The lowest BCUT2D eigenvalue weighted by Gasteiger charge is -2.09. The Labute approximate surface area is 112 Å². The van der Waals surface area contributed by atoms with E-state index in [9.17, 15) is 10.2 Å². The first-order valence-corrected chi connectivity index (χ1v) is 6.10. The summed E-state index contributed by atoms with van der Waals surface area (Å²) in [6.07, 6.45) is 0.709. The van der Waals surface area contributed by atoms with Crippen molar-refractivity contribution in [3.63, 3.8) is 0 Å². The highest BCUT2D eigenvalue weighted by atomic mass is 16.3. The SMILES string of the molecule is Nc1ccc(Cc2ccc(N)c(CO)c2)cc1CO. The number of nitrogen functional groups attached to an aromatic ring is 2. The van der Waals surface area contributed by atoms with Crippen molar-refractivity contribution in [1.82, 2.24) is 0 Å². The van der Waals surface area contributed by atoms with E-state index in [0.717, 1.165) is 22.3 Å². The summed E-state index contributed by atoms with van der Waals surface area (Å²) in [6.45, 7) is -0.132. The highest BCUT2D eigenvalue weighted by Crippen LogP contribution is 2.20. The van der Waals surface area contributed by atoms with E-state index in [1.54, 1.807) is 12.1 Å². The van der Waals surface area contributed by atoms with Gasteiger partial charge < -0.3 is 21.7 Å². The minimum atomic E-state index is -0.0662. The Bertz CT molecular complexity index is 531. The maximum Gasteiger partial charge on any atom is 0.0702 e. The highest BCUT2D eigenvalue weighted by molar-refractivity contribution is 5.51. The van der Waals surface area contributed by atoms with Gasteiger partial charge in [-0.2, -0.15) is 0 Å². The molecular formula is C15H18N2O2. The third kappa shape index (κ3) is 3.05. The number of anilines is 2. The van der Waals surface area contributed by atoms with Crippen molar-refractivity contribution in [3.8, 4) is 0 Å². The van der Waals surface area contributed by atoms with Gasteiger partial charge in [-0.3, -0.25) is 0 Å². The molecule has 4 heteroatoms. The molecule has 2 aromatic rings. The first-order chi connectivity index (χ1) is 9.13. The van der Waals surface area contributed by atoms with Gasteiger partial charge in [-0.15, -0.1) is 0 Å². The minimum absolute atomic E-state index is 0.0662. The van der Waals surface area contributed by atoms with E-state index in [1.807, 2.05) is 24.3 Å². The number of rotatable bonds is 4. The van der Waals surface area contributed by atoms with Crippen LogP contribution in [0.4, 0.5) is 11.4 Å². The van der Waals surface area contributed by atoms with Crippen LogP contribution in [-0.4, -0.2) is 10.2 Å². The summed E-state index contributed by atoms with van der Waals surface area (Å²) >= 11 is 0. The lowest BCUT2D eigenvalue weighted by atomic mass is 10.00. The summed E-state index contributed by atoms with van der Waals surface area (Å²) in [5.41, 5.74) is 16.3. The third-order valence-electron chi connectivity index (χ3n) is 3.16. The molecule has 19 heavy (non-hydrogen) atoms. The largest absolute Gasteiger partial charge is 0.398 e. The molecule has 0 fully saturated rings. The van der Waals surface area contributed by atoms with Gasteiger partial charge >= 0.3 is 0 Å². The second-order valence-electron chi connectivity index (χ2n) is 4.56. The molecule has 0 amide bonds. The zero-order valence-corrected chi connectivity index (χ0v) is 10.6. The molecule has 0 spiro atoms. The van der Waals surface area contributed by atoms with Crippen LogP contribution in [0.2, 0.25) is 0 Å². The third-order valence-corrected chi connectivity index (χ3v) is 3.16. The lowest BCUT2D eigenvalue weighted by Crippen LogP contribution is -1.99. The number of aliphatic hydroxyl groups is 2. The smallest absolute Gasteiger partial charge is 0.0702 e. The second kappa shape index (κ2) is 5.73. The molecule has 0 aliphatic rings. The number of hydrogen-bond donors (Lipinski definition) is 4. The molecule has 0 saturated carbocycles. The summed E-state index contributed by atoms with van der Waals surface area (Å²) in [6, 6.07) is 11.2. The first kappa shape index (κ1) is 13.4. The van der Waals surface area contributed by atoms with Gasteiger partial charge in [0.2, 0.25) is 0 Å². The summed E-state index contributed by atoms with van der Waals surface area (Å²) in [4.78, 5) is 0. The van der Waals surface area contributed by atoms with Gasteiger partial charge in [-0.25, -0.2) is 0 Å². The van der Waals surface area contributed by atoms with Gasteiger partial charge in [0.25, 0.3) is 0 Å². The molecule has 0 unspecified atom stereocenters. The van der Waals surface area contributed by atoms with Crippen molar-refractivity contribution in [2.45, 2.75) is 19.6 Å². The van der Waals surface area contributed by atoms with Crippen molar-refractivity contribution >= 4 is 11.4 Å². The maximum absolute atomic E-state index is 9.20. The van der Waals surface area contributed by atoms with Gasteiger partial charge in [-0.1, -0.05) is 24.3 Å². The van der Waals surface area contributed by atoms with Crippen molar-refractivity contribution in [2.24, 2.45) is 0 Å². The average molecular weight is 258 g/mol. The van der Waals surface area contributed by atoms with Gasteiger partial charge in [0.05, 0.1) is 13.2 Å². The zero-order valence-electron chi connectivity index (χ0n) is 10.6. The van der Waals surface area contributed by atoms with Gasteiger partial charge in [0.15, 0.2) is 0 Å². The second-order valence-corrected chi connectivity index (χ2v) is 4.56. The van der Waals surface area contributed by atoms with Crippen LogP contribution in [0.25, 0.3) is 0 Å². The van der Waals surface area contributed by atoms with Crippen LogP contribution >= 0.6 is 0 Å². The molecule has 0 bridgehead atoms. The predicted molar refractivity (Wildman–Crippen MR) is 76.4 cm³/mol. The molecule has 4 nitrogen and oxygen atoms in total. The Kier molecular flexibility index (Phi) is 4.04. The molecule has 0 saturated heterocycles. The Morgan fingerprint density at radius 3 is 1.53 bits per heavy atom. The molecule has 2 rings (SSSR count). The van der Waals surface area contributed by atoms with Crippen LogP contribution in [0.3, 0.4) is 0 Å². The number of hydrogen-bond acceptors (Lipinski definition) is 4. The van der Waals surface area contributed by atoms with Gasteiger partial charge in [0, 0.05) is 22.5 Å². The van der Waals surface area contributed by atoms with Gasteiger partial charge in [-0.05, 0) is 29.7 Å². The fraction of sp³-hybridized carbons (Fsp3) is 0.200. The summed E-state index contributed by atoms with van der Waals surface area (Å²) in [7, 11) is 0. The standard InChI is InChI=1S/C15H18N2O2/c16-14-3-1-10(6-12(14)8-18)5-11-2-4-15(17)13(7-11)9-19/h1-4,6-7,18-19H,5,8-9,16-17H2. The minimum Gasteiger partial charge on any atom is -0.398 e. The average Bonchev–Trinajstić information content (AvgIpc) is 2.43. The summed E-state index contributed by atoms with van der Waals surface area (Å²) < 4.78 is 0. The predicted octanol–water partition coefficient (Wildman–Crippen LogP) is 1.43. The van der Waals surface area contributed by atoms with Crippen LogP contribution in [0.1, 0.15) is 22.3 Å². The van der Waals surface area contributed by atoms with E-state index < -0.39 is 0 Å².